The van der Waals surface area contributed by atoms with Crippen LogP contribution in [-0.2, 0) is 16.9 Å². The number of hydrogen-bond donors (Lipinski definition) is 1. The van der Waals surface area contributed by atoms with Gasteiger partial charge >= 0.3 is 5.97 Å². The number of aliphatic carboxylic acids is 1. The number of hydrogen-bond acceptors (Lipinski definition) is 2. The number of piperidine rings is 1. The Morgan fingerprint density at radius 2 is 1.92 bits per heavy atom. The maximum absolute atomic E-state index is 11.7. The molecule has 3 heterocycles. The molecule has 2 aromatic rings. The molecule has 1 spiro atoms. The van der Waals surface area contributed by atoms with Gasteiger partial charge in [0, 0.05) is 18.4 Å². The third kappa shape index (κ3) is 1.75. The van der Waals surface area contributed by atoms with E-state index in [0.717, 1.165) is 36.2 Å². The summed E-state index contributed by atoms with van der Waals surface area (Å²) >= 11 is 0. The maximum Gasteiger partial charge on any atom is 0.306 e. The van der Waals surface area contributed by atoms with Gasteiger partial charge in [-0.1, -0.05) is 36.4 Å². The molecular formula is C22H24NO3+. The Kier molecular flexibility index (Phi) is 3.26. The molecule has 134 valence electrons. The summed E-state index contributed by atoms with van der Waals surface area (Å²) in [6.45, 7) is 4.76. The second-order valence-electron chi connectivity index (χ2n) is 7.86. The number of ether oxygens (including phenoxy) is 1. The van der Waals surface area contributed by atoms with Crippen LogP contribution in [-0.4, -0.2) is 34.7 Å². The van der Waals surface area contributed by atoms with E-state index in [1.54, 1.807) is 0 Å². The Labute approximate surface area is 153 Å². The van der Waals surface area contributed by atoms with Gasteiger partial charge in [0.25, 0.3) is 0 Å². The molecule has 3 aliphatic heterocycles. The van der Waals surface area contributed by atoms with Crippen molar-refractivity contribution >= 4 is 5.97 Å². The Morgan fingerprint density at radius 1 is 1.19 bits per heavy atom. The number of carboxylic acids is 1. The fourth-order valence-corrected chi connectivity index (χ4v) is 6.00. The first-order valence-electron chi connectivity index (χ1n) is 9.55. The molecule has 0 aliphatic carbocycles. The minimum absolute atomic E-state index is 0.164. The van der Waals surface area contributed by atoms with Crippen molar-refractivity contribution in [3.05, 3.63) is 65.2 Å². The lowest BCUT2D eigenvalue weighted by molar-refractivity contribution is -0.845. The molecule has 0 bridgehead atoms. The number of carboxylic acid groups (broad SMARTS) is 1. The fourth-order valence-electron chi connectivity index (χ4n) is 6.00. The Bertz CT molecular complexity index is 845. The third-order valence-electron chi connectivity index (χ3n) is 7.12. The van der Waals surface area contributed by atoms with Crippen molar-refractivity contribution in [2.75, 3.05) is 13.1 Å². The van der Waals surface area contributed by atoms with Gasteiger partial charge in [0.1, 0.15) is 12.4 Å². The second kappa shape index (κ2) is 5.34. The average molecular weight is 350 g/mol. The van der Waals surface area contributed by atoms with Crippen LogP contribution in [0.15, 0.2) is 48.5 Å². The lowest BCUT2D eigenvalue weighted by atomic mass is 9.82. The van der Waals surface area contributed by atoms with Crippen molar-refractivity contribution in [3.63, 3.8) is 0 Å². The lowest BCUT2D eigenvalue weighted by Crippen LogP contribution is -2.40. The molecule has 4 nitrogen and oxygen atoms in total. The number of rotatable bonds is 2. The van der Waals surface area contributed by atoms with Crippen molar-refractivity contribution in [2.24, 2.45) is 5.92 Å². The standard InChI is InChI=1S/C22H23NO3/c1-2-23-12-11-15(21(24)25)13-20(23)22(23)17-8-4-3-7-16(17)14-26-19-10-6-5-9-18(19)22/h3-10,15,20H,2,11-14H2,1H3/p+1/t15?,20?,22-,23?/m1/s1. The molecule has 5 rings (SSSR count). The SMILES string of the molecule is CC[N+]12CCC(C(=O)O)CC1[C@]21c2ccccc2COc2ccccc21. The van der Waals surface area contributed by atoms with Gasteiger partial charge in [-0.05, 0) is 24.6 Å². The van der Waals surface area contributed by atoms with E-state index in [-0.39, 0.29) is 11.5 Å². The van der Waals surface area contributed by atoms with Crippen LogP contribution >= 0.6 is 0 Å². The first-order chi connectivity index (χ1) is 12.6. The molecule has 2 fully saturated rings. The molecule has 2 aromatic carbocycles. The minimum Gasteiger partial charge on any atom is -0.488 e. The molecule has 4 atom stereocenters. The molecule has 0 radical (unpaired) electrons. The minimum atomic E-state index is -0.646. The normalized spacial score (nSPS) is 34.0. The predicted octanol–water partition coefficient (Wildman–Crippen LogP) is 3.54. The van der Waals surface area contributed by atoms with Crippen LogP contribution in [0.2, 0.25) is 0 Å². The molecule has 3 aliphatic rings. The first kappa shape index (κ1) is 15.9. The van der Waals surface area contributed by atoms with E-state index < -0.39 is 5.97 Å². The monoisotopic (exact) mass is 350 g/mol. The van der Waals surface area contributed by atoms with Crippen molar-refractivity contribution in [3.8, 4) is 5.75 Å². The molecule has 1 N–H and O–H groups in total. The predicted molar refractivity (Wildman–Crippen MR) is 97.8 cm³/mol. The Hall–Kier alpha value is -2.33. The van der Waals surface area contributed by atoms with Crippen molar-refractivity contribution in [1.29, 1.82) is 0 Å². The third-order valence-corrected chi connectivity index (χ3v) is 7.12. The molecule has 0 amide bonds. The van der Waals surface area contributed by atoms with Crippen LogP contribution in [0.5, 0.6) is 5.75 Å². The van der Waals surface area contributed by atoms with Crippen LogP contribution < -0.4 is 4.74 Å². The molecule has 0 aromatic heterocycles. The number of fused-ring (bicyclic) bond motifs is 7. The number of likely N-dealkylation sites (N-methyl/N-ethyl adjacent to an activating group) is 1. The summed E-state index contributed by atoms with van der Waals surface area (Å²) < 4.78 is 7.16. The van der Waals surface area contributed by atoms with Crippen LogP contribution in [0.3, 0.4) is 0 Å². The zero-order valence-electron chi connectivity index (χ0n) is 15.0. The smallest absolute Gasteiger partial charge is 0.306 e. The highest BCUT2D eigenvalue weighted by molar-refractivity contribution is 5.70. The van der Waals surface area contributed by atoms with Crippen LogP contribution in [0.1, 0.15) is 36.5 Å². The van der Waals surface area contributed by atoms with E-state index in [0.29, 0.717) is 12.6 Å². The van der Waals surface area contributed by atoms with E-state index in [1.165, 1.54) is 16.7 Å². The molecule has 3 unspecified atom stereocenters. The maximum atomic E-state index is 11.7. The number of quaternary nitrogens is 1. The van der Waals surface area contributed by atoms with E-state index in [4.69, 9.17) is 4.74 Å². The summed E-state index contributed by atoms with van der Waals surface area (Å²) in [5.41, 5.74) is 3.64. The van der Waals surface area contributed by atoms with Crippen LogP contribution in [0.4, 0.5) is 0 Å². The Balaban J connectivity index is 1.77. The zero-order valence-corrected chi connectivity index (χ0v) is 15.0. The van der Waals surface area contributed by atoms with Gasteiger partial charge in [0.05, 0.1) is 24.6 Å². The molecule has 26 heavy (non-hydrogen) atoms. The number of benzene rings is 2. The Morgan fingerprint density at radius 3 is 2.69 bits per heavy atom. The van der Waals surface area contributed by atoms with Crippen molar-refractivity contribution in [1.82, 2.24) is 0 Å². The number of para-hydroxylation sites is 1. The largest absolute Gasteiger partial charge is 0.488 e. The highest BCUT2D eigenvalue weighted by atomic mass is 16.5. The summed E-state index contributed by atoms with van der Waals surface area (Å²) in [5.74, 6) is 0.0731. The molecule has 2 saturated heterocycles. The van der Waals surface area contributed by atoms with Crippen LogP contribution in [0.25, 0.3) is 0 Å². The highest BCUT2D eigenvalue weighted by Gasteiger charge is 2.82. The van der Waals surface area contributed by atoms with Gasteiger partial charge in [-0.3, -0.25) is 9.28 Å². The van der Waals surface area contributed by atoms with Gasteiger partial charge in [0.2, 0.25) is 5.54 Å². The fraction of sp³-hybridized carbons (Fsp3) is 0.409. The second-order valence-corrected chi connectivity index (χ2v) is 7.86. The topological polar surface area (TPSA) is 46.5 Å². The molecule has 0 saturated carbocycles. The highest BCUT2D eigenvalue weighted by Crippen LogP contribution is 2.68. The van der Waals surface area contributed by atoms with Crippen molar-refractivity contribution in [2.45, 2.75) is 38.0 Å². The number of nitrogens with zero attached hydrogens (tertiary/aromatic N) is 1. The summed E-state index contributed by atoms with van der Waals surface area (Å²) in [4.78, 5) is 11.7. The van der Waals surface area contributed by atoms with E-state index >= 15 is 0 Å². The van der Waals surface area contributed by atoms with Crippen molar-refractivity contribution < 1.29 is 19.1 Å². The summed E-state index contributed by atoms with van der Waals surface area (Å²) in [5, 5.41) is 9.63. The van der Waals surface area contributed by atoms with Gasteiger partial charge < -0.3 is 9.84 Å². The average Bonchev–Trinajstić information content (AvgIpc) is 3.33. The van der Waals surface area contributed by atoms with Gasteiger partial charge in [-0.15, -0.1) is 0 Å². The summed E-state index contributed by atoms with van der Waals surface area (Å²) in [6.07, 6.45) is 1.50. The first-order valence-corrected chi connectivity index (χ1v) is 9.55. The van der Waals surface area contributed by atoms with Gasteiger partial charge in [-0.25, -0.2) is 0 Å². The quantitative estimate of drug-likeness (QED) is 0.666. The lowest BCUT2D eigenvalue weighted by Gasteiger charge is -2.29. The number of carbonyl (C=O) groups is 1. The van der Waals surface area contributed by atoms with E-state index in [1.807, 2.05) is 6.07 Å². The van der Waals surface area contributed by atoms with Gasteiger partial charge in [0.15, 0.2) is 6.04 Å². The van der Waals surface area contributed by atoms with E-state index in [9.17, 15) is 9.90 Å². The molecule has 4 heteroatoms. The summed E-state index contributed by atoms with van der Waals surface area (Å²) in [7, 11) is 0. The van der Waals surface area contributed by atoms with E-state index in [2.05, 4.69) is 49.4 Å². The molecular weight excluding hydrogens is 326 g/mol. The van der Waals surface area contributed by atoms with Crippen LogP contribution in [0, 0.1) is 5.92 Å². The summed E-state index contributed by atoms with van der Waals surface area (Å²) in [6, 6.07) is 17.3. The zero-order chi connectivity index (χ0) is 17.9. The van der Waals surface area contributed by atoms with Gasteiger partial charge in [-0.2, -0.15) is 0 Å².